The van der Waals surface area contributed by atoms with Crippen molar-refractivity contribution in [1.82, 2.24) is 0 Å². The van der Waals surface area contributed by atoms with E-state index in [-0.39, 0.29) is 18.4 Å². The first kappa shape index (κ1) is 11.1. The first-order valence-corrected chi connectivity index (χ1v) is 5.64. The summed E-state index contributed by atoms with van der Waals surface area (Å²) >= 11 is 0. The van der Waals surface area contributed by atoms with Crippen LogP contribution in [0.5, 0.6) is 0 Å². The van der Waals surface area contributed by atoms with Crippen molar-refractivity contribution in [2.75, 3.05) is 18.6 Å². The van der Waals surface area contributed by atoms with Gasteiger partial charge in [-0.3, -0.25) is 4.79 Å². The summed E-state index contributed by atoms with van der Waals surface area (Å²) in [5.41, 5.74) is 3.27. The number of carbonyl (C=O) groups excluding carboxylic acids is 1. The van der Waals surface area contributed by atoms with Crippen LogP contribution in [0.3, 0.4) is 0 Å². The second-order valence-electron chi connectivity index (χ2n) is 4.39. The van der Waals surface area contributed by atoms with Gasteiger partial charge in [-0.15, -0.1) is 0 Å². The summed E-state index contributed by atoms with van der Waals surface area (Å²) in [7, 11) is 1.81. The minimum absolute atomic E-state index is 0.0725. The number of carbonyl (C=O) groups is 1. The molecule has 1 amide bonds. The summed E-state index contributed by atoms with van der Waals surface area (Å²) in [6.07, 6.45) is 1.39. The van der Waals surface area contributed by atoms with Gasteiger partial charge in [0.2, 0.25) is 5.91 Å². The Kier molecular flexibility index (Phi) is 2.97. The average molecular weight is 219 g/mol. The molecule has 1 aliphatic heterocycles. The number of fused-ring (bicyclic) bond motifs is 1. The highest BCUT2D eigenvalue weighted by Crippen LogP contribution is 2.34. The van der Waals surface area contributed by atoms with Crippen LogP contribution in [0.1, 0.15) is 30.4 Å². The predicted octanol–water partition coefficient (Wildman–Crippen LogP) is 1.69. The van der Waals surface area contributed by atoms with Gasteiger partial charge in [0, 0.05) is 26.0 Å². The lowest BCUT2D eigenvalue weighted by atomic mass is 9.92. The summed E-state index contributed by atoms with van der Waals surface area (Å²) in [4.78, 5) is 13.4. The zero-order chi connectivity index (χ0) is 11.7. The van der Waals surface area contributed by atoms with Gasteiger partial charge in [-0.1, -0.05) is 25.1 Å². The maximum Gasteiger partial charge on any atom is 0.227 e. The SMILES string of the molecule is CC(CO)c1cccc2c1N(C)C(=O)CC2. The molecule has 1 atom stereocenters. The van der Waals surface area contributed by atoms with E-state index >= 15 is 0 Å². The van der Waals surface area contributed by atoms with Crippen molar-refractivity contribution < 1.29 is 9.90 Å². The van der Waals surface area contributed by atoms with Gasteiger partial charge in [0.25, 0.3) is 0 Å². The number of hydrogen-bond acceptors (Lipinski definition) is 2. The fourth-order valence-corrected chi connectivity index (χ4v) is 2.25. The molecule has 1 heterocycles. The molecule has 16 heavy (non-hydrogen) atoms. The number of aliphatic hydroxyl groups excluding tert-OH is 1. The van der Waals surface area contributed by atoms with Crippen molar-refractivity contribution in [3.63, 3.8) is 0 Å². The Bertz CT molecular complexity index is 414. The monoisotopic (exact) mass is 219 g/mol. The number of rotatable bonds is 2. The molecule has 0 spiro atoms. The second-order valence-corrected chi connectivity index (χ2v) is 4.39. The zero-order valence-electron chi connectivity index (χ0n) is 9.73. The van der Waals surface area contributed by atoms with E-state index in [4.69, 9.17) is 0 Å². The molecular weight excluding hydrogens is 202 g/mol. The Hall–Kier alpha value is -1.35. The minimum Gasteiger partial charge on any atom is -0.396 e. The van der Waals surface area contributed by atoms with Gasteiger partial charge in [0.05, 0.1) is 5.69 Å². The molecule has 2 rings (SSSR count). The molecule has 0 bridgehead atoms. The minimum atomic E-state index is 0.0725. The lowest BCUT2D eigenvalue weighted by Gasteiger charge is -2.29. The second kappa shape index (κ2) is 4.26. The molecule has 0 radical (unpaired) electrons. The molecule has 3 heteroatoms. The smallest absolute Gasteiger partial charge is 0.227 e. The van der Waals surface area contributed by atoms with E-state index in [1.807, 2.05) is 26.1 Å². The Balaban J connectivity index is 2.52. The average Bonchev–Trinajstić information content (AvgIpc) is 2.32. The molecule has 3 nitrogen and oxygen atoms in total. The molecule has 86 valence electrons. The third kappa shape index (κ3) is 1.71. The van der Waals surface area contributed by atoms with Crippen molar-refractivity contribution >= 4 is 11.6 Å². The van der Waals surface area contributed by atoms with Crippen LogP contribution >= 0.6 is 0 Å². The molecule has 0 fully saturated rings. The molecule has 0 saturated carbocycles. The van der Waals surface area contributed by atoms with E-state index in [0.717, 1.165) is 17.7 Å². The van der Waals surface area contributed by atoms with E-state index < -0.39 is 0 Å². The standard InChI is InChI=1S/C13H17NO2/c1-9(8-15)11-5-3-4-10-6-7-12(16)14(2)13(10)11/h3-5,9,15H,6-8H2,1-2H3. The number of benzene rings is 1. The van der Waals surface area contributed by atoms with E-state index in [9.17, 15) is 9.90 Å². The van der Waals surface area contributed by atoms with E-state index in [1.54, 1.807) is 4.90 Å². The molecule has 0 aromatic heterocycles. The molecule has 1 N–H and O–H groups in total. The quantitative estimate of drug-likeness (QED) is 0.822. The first-order chi connectivity index (χ1) is 7.65. The highest BCUT2D eigenvalue weighted by molar-refractivity contribution is 5.96. The first-order valence-electron chi connectivity index (χ1n) is 5.64. The molecule has 1 aromatic carbocycles. The van der Waals surface area contributed by atoms with Crippen LogP contribution in [0.15, 0.2) is 18.2 Å². The molecule has 0 saturated heterocycles. The fraction of sp³-hybridized carbons (Fsp3) is 0.462. The van der Waals surface area contributed by atoms with Crippen LogP contribution in [-0.4, -0.2) is 24.7 Å². The van der Waals surface area contributed by atoms with Gasteiger partial charge in [0.15, 0.2) is 0 Å². The van der Waals surface area contributed by atoms with Crippen LogP contribution < -0.4 is 4.90 Å². The van der Waals surface area contributed by atoms with Gasteiger partial charge in [-0.2, -0.15) is 0 Å². The van der Waals surface area contributed by atoms with E-state index in [0.29, 0.717) is 6.42 Å². The summed E-state index contributed by atoms with van der Waals surface area (Å²) in [6.45, 7) is 2.08. The summed E-state index contributed by atoms with van der Waals surface area (Å²) in [5.74, 6) is 0.230. The Morgan fingerprint density at radius 3 is 2.88 bits per heavy atom. The van der Waals surface area contributed by atoms with Crippen molar-refractivity contribution in [2.24, 2.45) is 0 Å². The van der Waals surface area contributed by atoms with Gasteiger partial charge in [0.1, 0.15) is 0 Å². The predicted molar refractivity (Wildman–Crippen MR) is 63.7 cm³/mol. The third-order valence-electron chi connectivity index (χ3n) is 3.27. The molecule has 1 aromatic rings. The highest BCUT2D eigenvalue weighted by atomic mass is 16.3. The van der Waals surface area contributed by atoms with Crippen LogP contribution in [0.25, 0.3) is 0 Å². The maximum atomic E-state index is 11.7. The molecule has 1 unspecified atom stereocenters. The lowest BCUT2D eigenvalue weighted by Crippen LogP contribution is -2.32. The van der Waals surface area contributed by atoms with Crippen LogP contribution in [-0.2, 0) is 11.2 Å². The van der Waals surface area contributed by atoms with Crippen LogP contribution in [0.4, 0.5) is 5.69 Å². The lowest BCUT2D eigenvalue weighted by molar-refractivity contribution is -0.118. The van der Waals surface area contributed by atoms with Gasteiger partial charge < -0.3 is 10.0 Å². The number of amides is 1. The molecular formula is C13H17NO2. The zero-order valence-corrected chi connectivity index (χ0v) is 9.73. The summed E-state index contributed by atoms with van der Waals surface area (Å²) < 4.78 is 0. The van der Waals surface area contributed by atoms with Crippen LogP contribution in [0, 0.1) is 0 Å². The van der Waals surface area contributed by atoms with E-state index in [2.05, 4.69) is 6.07 Å². The van der Waals surface area contributed by atoms with Crippen molar-refractivity contribution in [2.45, 2.75) is 25.7 Å². The number of hydrogen-bond donors (Lipinski definition) is 1. The number of para-hydroxylation sites is 1. The van der Waals surface area contributed by atoms with E-state index in [1.165, 1.54) is 5.56 Å². The Labute approximate surface area is 95.7 Å². The van der Waals surface area contributed by atoms with Crippen molar-refractivity contribution in [3.05, 3.63) is 29.3 Å². The summed E-state index contributed by atoms with van der Waals surface area (Å²) in [5, 5.41) is 9.24. The number of nitrogens with zero attached hydrogens (tertiary/aromatic N) is 1. The largest absolute Gasteiger partial charge is 0.396 e. The van der Waals surface area contributed by atoms with Gasteiger partial charge in [-0.05, 0) is 17.5 Å². The molecule has 0 aliphatic carbocycles. The summed E-state index contributed by atoms with van der Waals surface area (Å²) in [6, 6.07) is 6.06. The number of aliphatic hydroxyl groups is 1. The van der Waals surface area contributed by atoms with Gasteiger partial charge >= 0.3 is 0 Å². The Morgan fingerprint density at radius 1 is 1.44 bits per heavy atom. The topological polar surface area (TPSA) is 40.5 Å². The maximum absolute atomic E-state index is 11.7. The third-order valence-corrected chi connectivity index (χ3v) is 3.27. The van der Waals surface area contributed by atoms with Gasteiger partial charge in [-0.25, -0.2) is 0 Å². The fourth-order valence-electron chi connectivity index (χ4n) is 2.25. The number of aryl methyl sites for hydroxylation is 1. The van der Waals surface area contributed by atoms with Crippen LogP contribution in [0.2, 0.25) is 0 Å². The van der Waals surface area contributed by atoms with Crippen molar-refractivity contribution in [1.29, 1.82) is 0 Å². The Morgan fingerprint density at radius 2 is 2.19 bits per heavy atom. The van der Waals surface area contributed by atoms with Crippen molar-refractivity contribution in [3.8, 4) is 0 Å². The highest BCUT2D eigenvalue weighted by Gasteiger charge is 2.24. The number of anilines is 1. The molecule has 1 aliphatic rings. The normalized spacial score (nSPS) is 17.2.